The van der Waals surface area contributed by atoms with Crippen LogP contribution < -0.4 is 0 Å². The summed E-state index contributed by atoms with van der Waals surface area (Å²) in [6, 6.07) is 0. The second-order valence-corrected chi connectivity index (χ2v) is 3.82. The molecule has 0 aliphatic carbocycles. The van der Waals surface area contributed by atoms with Crippen molar-refractivity contribution in [1.29, 1.82) is 0 Å². The van der Waals surface area contributed by atoms with Gasteiger partial charge in [0.15, 0.2) is 0 Å². The van der Waals surface area contributed by atoms with E-state index in [0.717, 1.165) is 19.5 Å². The molecule has 1 aliphatic heterocycles. The van der Waals surface area contributed by atoms with Gasteiger partial charge in [0, 0.05) is 19.5 Å². The zero-order chi connectivity index (χ0) is 11.3. The minimum absolute atomic E-state index is 0. The number of Topliss-reactive ketones (excluding diaryl/α,β-unsaturated/α-hetero) is 1. The Hall–Kier alpha value is -0.610. The van der Waals surface area contributed by atoms with Crippen molar-refractivity contribution in [2.75, 3.05) is 26.2 Å². The van der Waals surface area contributed by atoms with Gasteiger partial charge in [-0.15, -0.1) is 12.4 Å². The Morgan fingerprint density at radius 3 is 2.75 bits per heavy atom. The summed E-state index contributed by atoms with van der Waals surface area (Å²) in [5, 5.41) is 0. The Labute approximate surface area is 103 Å². The molecule has 0 radical (unpaired) electrons. The number of esters is 1. The van der Waals surface area contributed by atoms with Crippen molar-refractivity contribution in [2.45, 2.75) is 26.7 Å². The molecule has 94 valence electrons. The Morgan fingerprint density at radius 1 is 1.50 bits per heavy atom. The zero-order valence-corrected chi connectivity index (χ0v) is 10.7. The van der Waals surface area contributed by atoms with E-state index in [4.69, 9.17) is 4.74 Å². The van der Waals surface area contributed by atoms with Crippen LogP contribution in [0.1, 0.15) is 26.7 Å². The SMILES string of the molecule is CCCN1CCC(=O)C(C(=O)OCC)C1.Cl. The second-order valence-electron chi connectivity index (χ2n) is 3.82. The predicted octanol–water partition coefficient (Wildman–Crippen LogP) is 1.27. The third-order valence-electron chi connectivity index (χ3n) is 2.61. The molecular formula is C11H20ClNO3. The summed E-state index contributed by atoms with van der Waals surface area (Å²) >= 11 is 0. The molecule has 1 rings (SSSR count). The average Bonchev–Trinajstić information content (AvgIpc) is 2.21. The van der Waals surface area contributed by atoms with E-state index in [1.54, 1.807) is 6.92 Å². The number of ether oxygens (including phenoxy) is 1. The highest BCUT2D eigenvalue weighted by atomic mass is 35.5. The number of hydrogen-bond donors (Lipinski definition) is 0. The Bertz CT molecular complexity index is 245. The van der Waals surface area contributed by atoms with Gasteiger partial charge in [-0.1, -0.05) is 6.92 Å². The fourth-order valence-electron chi connectivity index (χ4n) is 1.86. The lowest BCUT2D eigenvalue weighted by Crippen LogP contribution is -2.45. The number of hydrogen-bond acceptors (Lipinski definition) is 4. The molecule has 0 N–H and O–H groups in total. The average molecular weight is 250 g/mol. The van der Waals surface area contributed by atoms with Crippen LogP contribution >= 0.6 is 12.4 Å². The molecule has 5 heteroatoms. The van der Waals surface area contributed by atoms with Gasteiger partial charge >= 0.3 is 5.97 Å². The first-order chi connectivity index (χ1) is 7.19. The first-order valence-corrected chi connectivity index (χ1v) is 5.60. The smallest absolute Gasteiger partial charge is 0.317 e. The lowest BCUT2D eigenvalue weighted by atomic mass is 9.96. The minimum atomic E-state index is -0.551. The number of ketones is 1. The highest BCUT2D eigenvalue weighted by Crippen LogP contribution is 2.14. The molecule has 4 nitrogen and oxygen atoms in total. The molecule has 1 fully saturated rings. The van der Waals surface area contributed by atoms with Crippen LogP contribution in [0.25, 0.3) is 0 Å². The van der Waals surface area contributed by atoms with Gasteiger partial charge in [-0.05, 0) is 19.9 Å². The summed E-state index contributed by atoms with van der Waals surface area (Å²) in [4.78, 5) is 25.2. The van der Waals surface area contributed by atoms with E-state index in [1.165, 1.54) is 0 Å². The van der Waals surface area contributed by atoms with Gasteiger partial charge in [0.1, 0.15) is 11.7 Å². The number of piperidine rings is 1. The fourth-order valence-corrected chi connectivity index (χ4v) is 1.86. The van der Waals surface area contributed by atoms with E-state index in [0.29, 0.717) is 19.6 Å². The Morgan fingerprint density at radius 2 is 2.19 bits per heavy atom. The largest absolute Gasteiger partial charge is 0.465 e. The summed E-state index contributed by atoms with van der Waals surface area (Å²) < 4.78 is 4.89. The molecule has 1 saturated heterocycles. The number of halogens is 1. The van der Waals surface area contributed by atoms with Crippen LogP contribution in [-0.2, 0) is 14.3 Å². The number of nitrogens with zero attached hydrogens (tertiary/aromatic N) is 1. The topological polar surface area (TPSA) is 46.6 Å². The monoisotopic (exact) mass is 249 g/mol. The van der Waals surface area contributed by atoms with Crippen molar-refractivity contribution in [3.8, 4) is 0 Å². The highest BCUT2D eigenvalue weighted by molar-refractivity contribution is 5.99. The number of likely N-dealkylation sites (tertiary alicyclic amines) is 1. The molecule has 0 amide bonds. The van der Waals surface area contributed by atoms with Gasteiger partial charge < -0.3 is 9.64 Å². The molecule has 0 aromatic rings. The predicted molar refractivity (Wildman–Crippen MR) is 63.7 cm³/mol. The minimum Gasteiger partial charge on any atom is -0.465 e. The summed E-state index contributed by atoms with van der Waals surface area (Å²) in [6.07, 6.45) is 1.52. The van der Waals surface area contributed by atoms with Crippen LogP contribution in [0.2, 0.25) is 0 Å². The first kappa shape index (κ1) is 15.4. The zero-order valence-electron chi connectivity index (χ0n) is 9.90. The van der Waals surface area contributed by atoms with E-state index in [2.05, 4.69) is 11.8 Å². The molecule has 1 unspecified atom stereocenters. The van der Waals surface area contributed by atoms with Crippen molar-refractivity contribution in [3.05, 3.63) is 0 Å². The van der Waals surface area contributed by atoms with Gasteiger partial charge in [-0.2, -0.15) is 0 Å². The van der Waals surface area contributed by atoms with Crippen LogP contribution in [0.3, 0.4) is 0 Å². The first-order valence-electron chi connectivity index (χ1n) is 5.60. The van der Waals surface area contributed by atoms with Crippen molar-refractivity contribution >= 4 is 24.2 Å². The lowest BCUT2D eigenvalue weighted by molar-refractivity contribution is -0.153. The summed E-state index contributed by atoms with van der Waals surface area (Å²) in [5.41, 5.74) is 0. The van der Waals surface area contributed by atoms with Crippen LogP contribution in [-0.4, -0.2) is 42.9 Å². The van der Waals surface area contributed by atoms with Gasteiger partial charge in [0.2, 0.25) is 0 Å². The van der Waals surface area contributed by atoms with Crippen LogP contribution in [0.15, 0.2) is 0 Å². The van der Waals surface area contributed by atoms with Crippen molar-refractivity contribution in [3.63, 3.8) is 0 Å². The molecule has 0 saturated carbocycles. The summed E-state index contributed by atoms with van der Waals surface area (Å²) in [5.74, 6) is -0.880. The van der Waals surface area contributed by atoms with E-state index < -0.39 is 5.92 Å². The van der Waals surface area contributed by atoms with E-state index in [9.17, 15) is 9.59 Å². The van der Waals surface area contributed by atoms with E-state index in [-0.39, 0.29) is 24.2 Å². The Kier molecular flexibility index (Phi) is 7.34. The van der Waals surface area contributed by atoms with Crippen LogP contribution in [0.4, 0.5) is 0 Å². The maximum absolute atomic E-state index is 11.5. The molecule has 0 aromatic carbocycles. The van der Waals surface area contributed by atoms with Gasteiger partial charge in [0.05, 0.1) is 6.61 Å². The lowest BCUT2D eigenvalue weighted by Gasteiger charge is -2.30. The van der Waals surface area contributed by atoms with Gasteiger partial charge in [-0.3, -0.25) is 9.59 Å². The Balaban J connectivity index is 0.00000225. The molecule has 1 heterocycles. The van der Waals surface area contributed by atoms with Crippen LogP contribution in [0, 0.1) is 5.92 Å². The molecule has 0 spiro atoms. The molecule has 16 heavy (non-hydrogen) atoms. The molecule has 1 aliphatic rings. The van der Waals surface area contributed by atoms with Crippen molar-refractivity contribution in [2.24, 2.45) is 5.92 Å². The maximum Gasteiger partial charge on any atom is 0.317 e. The normalized spacial score (nSPS) is 21.4. The van der Waals surface area contributed by atoms with Crippen LogP contribution in [0.5, 0.6) is 0 Å². The molecule has 1 atom stereocenters. The number of carbonyl (C=O) groups is 2. The van der Waals surface area contributed by atoms with Crippen molar-refractivity contribution < 1.29 is 14.3 Å². The fraction of sp³-hybridized carbons (Fsp3) is 0.818. The van der Waals surface area contributed by atoms with E-state index in [1.807, 2.05) is 0 Å². The molecule has 0 aromatic heterocycles. The maximum atomic E-state index is 11.5. The number of carbonyl (C=O) groups excluding carboxylic acids is 2. The second kappa shape index (κ2) is 7.63. The highest BCUT2D eigenvalue weighted by Gasteiger charge is 2.33. The third-order valence-corrected chi connectivity index (χ3v) is 2.61. The standard InChI is InChI=1S/C11H19NO3.ClH/c1-3-6-12-7-5-10(13)9(8-12)11(14)15-4-2;/h9H,3-8H2,1-2H3;1H. The van der Waals surface area contributed by atoms with Crippen molar-refractivity contribution in [1.82, 2.24) is 4.90 Å². The summed E-state index contributed by atoms with van der Waals surface area (Å²) in [6.45, 7) is 6.46. The quantitative estimate of drug-likeness (QED) is 0.556. The summed E-state index contributed by atoms with van der Waals surface area (Å²) in [7, 11) is 0. The number of rotatable bonds is 4. The molecular weight excluding hydrogens is 230 g/mol. The third kappa shape index (κ3) is 4.10. The van der Waals surface area contributed by atoms with E-state index >= 15 is 0 Å². The van der Waals surface area contributed by atoms with Gasteiger partial charge in [0.25, 0.3) is 0 Å². The van der Waals surface area contributed by atoms with Gasteiger partial charge in [-0.25, -0.2) is 0 Å². The molecule has 0 bridgehead atoms.